The van der Waals surface area contributed by atoms with E-state index in [1.165, 1.54) is 6.07 Å². The van der Waals surface area contributed by atoms with Crippen LogP contribution in [0.25, 0.3) is 0 Å². The number of ether oxygens (including phenoxy) is 1. The molecule has 2 N–H and O–H groups in total. The highest BCUT2D eigenvalue weighted by molar-refractivity contribution is 5.89. The standard InChI is InChI=1S/C13H16F2N2O2/c1-8(12-3-2-6-19-12)16-13(18)17-11-5-4-9(14)7-10(11)15/h4-5,7-8,12H,2-3,6H2,1H3,(H2,16,17,18)/t8-,12+/m0/s1. The molecule has 6 heteroatoms. The number of amides is 2. The van der Waals surface area contributed by atoms with Crippen molar-refractivity contribution >= 4 is 11.7 Å². The van der Waals surface area contributed by atoms with Gasteiger partial charge in [0, 0.05) is 12.7 Å². The van der Waals surface area contributed by atoms with E-state index in [2.05, 4.69) is 10.6 Å². The Morgan fingerprint density at radius 2 is 2.26 bits per heavy atom. The number of carbonyl (C=O) groups is 1. The van der Waals surface area contributed by atoms with Gasteiger partial charge in [0.05, 0.1) is 17.8 Å². The quantitative estimate of drug-likeness (QED) is 0.887. The topological polar surface area (TPSA) is 50.4 Å². The van der Waals surface area contributed by atoms with Crippen LogP contribution in [0.15, 0.2) is 18.2 Å². The van der Waals surface area contributed by atoms with Crippen molar-refractivity contribution in [1.29, 1.82) is 0 Å². The van der Waals surface area contributed by atoms with E-state index in [9.17, 15) is 13.6 Å². The van der Waals surface area contributed by atoms with Crippen molar-refractivity contribution in [1.82, 2.24) is 5.32 Å². The maximum atomic E-state index is 13.3. The van der Waals surface area contributed by atoms with Gasteiger partial charge >= 0.3 is 6.03 Å². The lowest BCUT2D eigenvalue weighted by molar-refractivity contribution is 0.0868. The van der Waals surface area contributed by atoms with Gasteiger partial charge < -0.3 is 15.4 Å². The van der Waals surface area contributed by atoms with Crippen LogP contribution >= 0.6 is 0 Å². The number of benzene rings is 1. The lowest BCUT2D eigenvalue weighted by Gasteiger charge is -2.20. The van der Waals surface area contributed by atoms with Gasteiger partial charge in [0.2, 0.25) is 0 Å². The molecule has 1 aliphatic heterocycles. The first-order chi connectivity index (χ1) is 9.06. The molecule has 0 aromatic heterocycles. The van der Waals surface area contributed by atoms with Gasteiger partial charge in [0.1, 0.15) is 11.6 Å². The molecule has 4 nitrogen and oxygen atoms in total. The predicted octanol–water partition coefficient (Wildman–Crippen LogP) is 2.65. The van der Waals surface area contributed by atoms with E-state index in [0.717, 1.165) is 25.0 Å². The van der Waals surface area contributed by atoms with Crippen LogP contribution in [0.3, 0.4) is 0 Å². The highest BCUT2D eigenvalue weighted by Crippen LogP contribution is 2.17. The average Bonchev–Trinajstić information content (AvgIpc) is 2.86. The van der Waals surface area contributed by atoms with E-state index in [0.29, 0.717) is 6.61 Å². The molecule has 1 heterocycles. The van der Waals surface area contributed by atoms with Gasteiger partial charge in [-0.3, -0.25) is 0 Å². The number of hydrogen-bond acceptors (Lipinski definition) is 2. The monoisotopic (exact) mass is 270 g/mol. The number of carbonyl (C=O) groups excluding carboxylic acids is 1. The summed E-state index contributed by atoms with van der Waals surface area (Å²) >= 11 is 0. The third kappa shape index (κ3) is 3.64. The molecule has 0 unspecified atom stereocenters. The van der Waals surface area contributed by atoms with Gasteiger partial charge in [0.15, 0.2) is 0 Å². The third-order valence-corrected chi connectivity index (χ3v) is 3.06. The summed E-state index contributed by atoms with van der Waals surface area (Å²) in [4.78, 5) is 11.7. The van der Waals surface area contributed by atoms with Gasteiger partial charge in [-0.25, -0.2) is 13.6 Å². The smallest absolute Gasteiger partial charge is 0.319 e. The maximum Gasteiger partial charge on any atom is 0.319 e. The first-order valence-electron chi connectivity index (χ1n) is 6.20. The molecule has 0 spiro atoms. The summed E-state index contributed by atoms with van der Waals surface area (Å²) in [6.07, 6.45) is 1.86. The first-order valence-corrected chi connectivity index (χ1v) is 6.20. The van der Waals surface area contributed by atoms with Crippen molar-refractivity contribution in [3.8, 4) is 0 Å². The van der Waals surface area contributed by atoms with Crippen LogP contribution in [0, 0.1) is 11.6 Å². The van der Waals surface area contributed by atoms with Crippen LogP contribution in [-0.4, -0.2) is 24.8 Å². The number of rotatable bonds is 3. The van der Waals surface area contributed by atoms with Gasteiger partial charge in [-0.2, -0.15) is 0 Å². The Balaban J connectivity index is 1.89. The van der Waals surface area contributed by atoms with Crippen molar-refractivity contribution in [2.75, 3.05) is 11.9 Å². The van der Waals surface area contributed by atoms with Gasteiger partial charge in [-0.05, 0) is 31.9 Å². The molecule has 1 aromatic rings. The summed E-state index contributed by atoms with van der Waals surface area (Å²) in [5.74, 6) is -1.49. The summed E-state index contributed by atoms with van der Waals surface area (Å²) in [6, 6.07) is 2.29. The number of hydrogen-bond donors (Lipinski definition) is 2. The van der Waals surface area contributed by atoms with Gasteiger partial charge in [-0.1, -0.05) is 0 Å². The molecular formula is C13H16F2N2O2. The summed E-state index contributed by atoms with van der Waals surface area (Å²) in [7, 11) is 0. The van der Waals surface area contributed by atoms with E-state index in [1.807, 2.05) is 6.92 Å². The Morgan fingerprint density at radius 1 is 1.47 bits per heavy atom. The van der Waals surface area contributed by atoms with E-state index < -0.39 is 17.7 Å². The van der Waals surface area contributed by atoms with Crippen LogP contribution in [0.2, 0.25) is 0 Å². The molecule has 1 fully saturated rings. The molecule has 0 saturated carbocycles. The van der Waals surface area contributed by atoms with E-state index >= 15 is 0 Å². The fourth-order valence-electron chi connectivity index (χ4n) is 2.05. The zero-order chi connectivity index (χ0) is 13.8. The highest BCUT2D eigenvalue weighted by Gasteiger charge is 2.23. The zero-order valence-corrected chi connectivity index (χ0v) is 10.6. The first kappa shape index (κ1) is 13.7. The Hall–Kier alpha value is -1.69. The molecule has 0 aliphatic carbocycles. The molecule has 1 saturated heterocycles. The fraction of sp³-hybridized carbons (Fsp3) is 0.462. The summed E-state index contributed by atoms with van der Waals surface area (Å²) < 4.78 is 31.5. The minimum absolute atomic E-state index is 0.0104. The highest BCUT2D eigenvalue weighted by atomic mass is 19.1. The normalized spacial score (nSPS) is 20.1. The number of anilines is 1. The van der Waals surface area contributed by atoms with E-state index in [-0.39, 0.29) is 17.8 Å². The van der Waals surface area contributed by atoms with Crippen molar-refractivity contribution < 1.29 is 18.3 Å². The number of halogens is 2. The second kappa shape index (κ2) is 5.97. The Kier molecular flexibility index (Phi) is 4.31. The number of urea groups is 1. The Bertz CT molecular complexity index is 462. The molecule has 2 amide bonds. The fourth-order valence-corrected chi connectivity index (χ4v) is 2.05. The lowest BCUT2D eigenvalue weighted by atomic mass is 10.1. The molecule has 1 aromatic carbocycles. The molecule has 2 atom stereocenters. The molecule has 0 radical (unpaired) electrons. The largest absolute Gasteiger partial charge is 0.376 e. The second-order valence-corrected chi connectivity index (χ2v) is 4.56. The van der Waals surface area contributed by atoms with Crippen LogP contribution in [0.5, 0.6) is 0 Å². The van der Waals surface area contributed by atoms with Crippen LogP contribution in [0.1, 0.15) is 19.8 Å². The minimum Gasteiger partial charge on any atom is -0.376 e. The Morgan fingerprint density at radius 3 is 2.89 bits per heavy atom. The van der Waals surface area contributed by atoms with Crippen molar-refractivity contribution in [2.45, 2.75) is 31.9 Å². The van der Waals surface area contributed by atoms with Crippen molar-refractivity contribution in [3.05, 3.63) is 29.8 Å². The van der Waals surface area contributed by atoms with Crippen LogP contribution < -0.4 is 10.6 Å². The molecule has 104 valence electrons. The summed E-state index contributed by atoms with van der Waals surface area (Å²) in [5, 5.41) is 5.02. The molecular weight excluding hydrogens is 254 g/mol. The lowest BCUT2D eigenvalue weighted by Crippen LogP contribution is -2.43. The van der Waals surface area contributed by atoms with Crippen molar-refractivity contribution in [3.63, 3.8) is 0 Å². The van der Waals surface area contributed by atoms with E-state index in [4.69, 9.17) is 4.74 Å². The molecule has 19 heavy (non-hydrogen) atoms. The third-order valence-electron chi connectivity index (χ3n) is 3.06. The molecule has 1 aliphatic rings. The van der Waals surface area contributed by atoms with Crippen molar-refractivity contribution in [2.24, 2.45) is 0 Å². The molecule has 2 rings (SSSR count). The second-order valence-electron chi connectivity index (χ2n) is 4.56. The predicted molar refractivity (Wildman–Crippen MR) is 66.9 cm³/mol. The van der Waals surface area contributed by atoms with Crippen LogP contribution in [-0.2, 0) is 4.74 Å². The van der Waals surface area contributed by atoms with Gasteiger partial charge in [-0.15, -0.1) is 0 Å². The summed E-state index contributed by atoms with van der Waals surface area (Å²) in [5.41, 5.74) is -0.0570. The minimum atomic E-state index is -0.806. The van der Waals surface area contributed by atoms with Gasteiger partial charge in [0.25, 0.3) is 0 Å². The SMILES string of the molecule is C[C@H](NC(=O)Nc1ccc(F)cc1F)[C@H]1CCCO1. The van der Waals surface area contributed by atoms with Crippen LogP contribution in [0.4, 0.5) is 19.3 Å². The average molecular weight is 270 g/mol. The maximum absolute atomic E-state index is 13.3. The number of nitrogens with one attached hydrogen (secondary N) is 2. The van der Waals surface area contributed by atoms with E-state index in [1.54, 1.807) is 0 Å². The summed E-state index contributed by atoms with van der Waals surface area (Å²) in [6.45, 7) is 2.53. The zero-order valence-electron chi connectivity index (χ0n) is 10.6. The Labute approximate surface area is 110 Å². The molecule has 0 bridgehead atoms.